The molecule has 2 aliphatic carbocycles. The van der Waals surface area contributed by atoms with Crippen molar-refractivity contribution in [3.05, 3.63) is 166 Å². The Kier molecular flexibility index (Phi) is 8.12. The maximum Gasteiger partial charge on any atom is 0.189 e. The van der Waals surface area contributed by atoms with Crippen molar-refractivity contribution in [2.75, 3.05) is 0 Å². The highest BCUT2D eigenvalue weighted by Crippen LogP contribution is 2.50. The molecule has 4 aromatic carbocycles. The van der Waals surface area contributed by atoms with Crippen molar-refractivity contribution in [2.24, 2.45) is 10.8 Å². The Bertz CT molecular complexity index is 1610. The number of rotatable bonds is 9. The quantitative estimate of drug-likeness (QED) is 0.198. The van der Waals surface area contributed by atoms with Gasteiger partial charge in [0.1, 0.15) is 0 Å². The van der Waals surface area contributed by atoms with Crippen LogP contribution >= 0.6 is 0 Å². The number of ketones is 2. The molecule has 2 unspecified atom stereocenters. The third-order valence-corrected chi connectivity index (χ3v) is 9.92. The van der Waals surface area contributed by atoms with Gasteiger partial charge in [-0.05, 0) is 58.8 Å². The predicted molar refractivity (Wildman–Crippen MR) is 180 cm³/mol. The second kappa shape index (κ2) is 12.0. The zero-order valence-corrected chi connectivity index (χ0v) is 26.3. The summed E-state index contributed by atoms with van der Waals surface area (Å²) in [6, 6.07) is 37.2. The highest BCUT2D eigenvalue weighted by Gasteiger charge is 2.41. The summed E-state index contributed by atoms with van der Waals surface area (Å²) in [6.07, 6.45) is 8.06. The van der Waals surface area contributed by atoms with Crippen LogP contribution in [0.3, 0.4) is 0 Å². The van der Waals surface area contributed by atoms with E-state index in [9.17, 15) is 9.59 Å². The van der Waals surface area contributed by atoms with Gasteiger partial charge in [-0.2, -0.15) is 0 Å². The Hall–Kier alpha value is -4.30. The Balaban J connectivity index is 1.42. The lowest BCUT2D eigenvalue weighted by molar-refractivity contribution is 0.0986. The maximum atomic E-state index is 14.1. The van der Waals surface area contributed by atoms with Gasteiger partial charge in [0.25, 0.3) is 0 Å². The van der Waals surface area contributed by atoms with Gasteiger partial charge in [0.05, 0.1) is 0 Å². The summed E-state index contributed by atoms with van der Waals surface area (Å²) in [6.45, 7) is 8.82. The average molecular weight is 579 g/mol. The summed E-state index contributed by atoms with van der Waals surface area (Å²) in [5, 5.41) is 0. The van der Waals surface area contributed by atoms with Gasteiger partial charge in [0.2, 0.25) is 0 Å². The highest BCUT2D eigenvalue weighted by molar-refractivity contribution is 6.13. The molecule has 4 aromatic rings. The van der Waals surface area contributed by atoms with Crippen LogP contribution < -0.4 is 0 Å². The van der Waals surface area contributed by atoms with Crippen LogP contribution in [0.25, 0.3) is 0 Å². The molecule has 6 rings (SSSR count). The van der Waals surface area contributed by atoms with Gasteiger partial charge in [-0.1, -0.05) is 149 Å². The molecule has 2 atom stereocenters. The molecule has 2 aliphatic rings. The first-order valence-electron chi connectivity index (χ1n) is 16.0. The second-order valence-corrected chi connectivity index (χ2v) is 13.8. The maximum absolute atomic E-state index is 14.1. The Morgan fingerprint density at radius 3 is 1.20 bits per heavy atom. The van der Waals surface area contributed by atoms with Crippen molar-refractivity contribution >= 4 is 11.6 Å². The second-order valence-electron chi connectivity index (χ2n) is 13.8. The molecular weight excluding hydrogens is 536 g/mol. The molecule has 222 valence electrons. The Labute approximate surface area is 262 Å². The molecule has 2 nitrogen and oxygen atoms in total. The van der Waals surface area contributed by atoms with Crippen molar-refractivity contribution in [3.63, 3.8) is 0 Å². The molecule has 0 heterocycles. The standard InChI is InChI=1S/C42H42O2/c1-41(2,25-23-29-15-7-5-8-16-29)37-27-35(31-19-11-13-21-33(31)39(37)43)36-28-38(40(44)34-22-14-12-20-32(34)36)42(3,4)26-24-30-17-9-6-10-18-30/h5-22,27-28,35-36H,23-26H2,1-4H3. The molecule has 0 amide bonds. The molecule has 2 heteroatoms. The van der Waals surface area contributed by atoms with E-state index in [-0.39, 0.29) is 34.2 Å². The van der Waals surface area contributed by atoms with E-state index in [1.165, 1.54) is 11.1 Å². The lowest BCUT2D eigenvalue weighted by atomic mass is 9.64. The van der Waals surface area contributed by atoms with Crippen molar-refractivity contribution in [1.29, 1.82) is 0 Å². The minimum absolute atomic E-state index is 0.0518. The highest BCUT2D eigenvalue weighted by atomic mass is 16.1. The van der Waals surface area contributed by atoms with Gasteiger partial charge in [-0.25, -0.2) is 0 Å². The van der Waals surface area contributed by atoms with Crippen LogP contribution in [0.2, 0.25) is 0 Å². The number of hydrogen-bond donors (Lipinski definition) is 0. The third kappa shape index (κ3) is 5.78. The normalized spacial score (nSPS) is 18.3. The zero-order valence-electron chi connectivity index (χ0n) is 26.3. The summed E-state index contributed by atoms with van der Waals surface area (Å²) in [5.74, 6) is 0.151. The molecule has 44 heavy (non-hydrogen) atoms. The molecular formula is C42H42O2. The van der Waals surface area contributed by atoms with Gasteiger partial charge in [-0.15, -0.1) is 0 Å². The van der Waals surface area contributed by atoms with E-state index < -0.39 is 0 Å². The van der Waals surface area contributed by atoms with E-state index in [0.717, 1.165) is 59.1 Å². The number of carbonyl (C=O) groups is 2. The zero-order chi connectivity index (χ0) is 30.9. The number of aryl methyl sites for hydroxylation is 2. The first-order chi connectivity index (χ1) is 21.2. The summed E-state index contributed by atoms with van der Waals surface area (Å²) >= 11 is 0. The van der Waals surface area contributed by atoms with E-state index in [2.05, 4.69) is 101 Å². The van der Waals surface area contributed by atoms with E-state index in [0.29, 0.717) is 0 Å². The first kappa shape index (κ1) is 29.8. The Morgan fingerprint density at radius 2 is 0.818 bits per heavy atom. The molecule has 0 saturated carbocycles. The Morgan fingerprint density at radius 1 is 0.477 bits per heavy atom. The van der Waals surface area contributed by atoms with Gasteiger partial charge in [0, 0.05) is 34.1 Å². The number of hydrogen-bond acceptors (Lipinski definition) is 2. The summed E-state index contributed by atoms with van der Waals surface area (Å²) in [4.78, 5) is 28.2. The molecule has 0 spiro atoms. The van der Waals surface area contributed by atoms with Gasteiger partial charge < -0.3 is 0 Å². The van der Waals surface area contributed by atoms with Crippen LogP contribution in [0.15, 0.2) is 132 Å². The van der Waals surface area contributed by atoms with Gasteiger partial charge in [0.15, 0.2) is 11.6 Å². The van der Waals surface area contributed by atoms with E-state index in [4.69, 9.17) is 0 Å². The van der Waals surface area contributed by atoms with Crippen LogP contribution in [-0.4, -0.2) is 11.6 Å². The summed E-state index contributed by atoms with van der Waals surface area (Å²) in [5.41, 5.74) is 7.37. The van der Waals surface area contributed by atoms with Crippen LogP contribution in [0.4, 0.5) is 0 Å². The molecule has 0 aromatic heterocycles. The van der Waals surface area contributed by atoms with Crippen molar-refractivity contribution in [2.45, 2.75) is 65.2 Å². The van der Waals surface area contributed by atoms with Crippen molar-refractivity contribution < 1.29 is 9.59 Å². The van der Waals surface area contributed by atoms with Crippen molar-refractivity contribution in [3.8, 4) is 0 Å². The predicted octanol–water partition coefficient (Wildman–Crippen LogP) is 10.1. The number of fused-ring (bicyclic) bond motifs is 2. The minimum atomic E-state index is -0.315. The summed E-state index contributed by atoms with van der Waals surface area (Å²) in [7, 11) is 0. The van der Waals surface area contributed by atoms with E-state index >= 15 is 0 Å². The first-order valence-corrected chi connectivity index (χ1v) is 16.0. The van der Waals surface area contributed by atoms with Crippen LogP contribution in [0.1, 0.15) is 95.3 Å². The van der Waals surface area contributed by atoms with Crippen molar-refractivity contribution in [1.82, 2.24) is 0 Å². The fraction of sp³-hybridized carbons (Fsp3) is 0.286. The van der Waals surface area contributed by atoms with Crippen LogP contribution in [0.5, 0.6) is 0 Å². The molecule has 0 fully saturated rings. The number of carbonyl (C=O) groups excluding carboxylic acids is 2. The summed E-state index contributed by atoms with van der Waals surface area (Å²) < 4.78 is 0. The lowest BCUT2D eigenvalue weighted by Crippen LogP contribution is -2.31. The number of allylic oxidation sites excluding steroid dienone is 4. The number of benzene rings is 4. The fourth-order valence-electron chi connectivity index (χ4n) is 7.10. The molecule has 0 radical (unpaired) electrons. The topological polar surface area (TPSA) is 34.1 Å². The molecule has 0 N–H and O–H groups in total. The average Bonchev–Trinajstić information content (AvgIpc) is 3.04. The van der Waals surface area contributed by atoms with Gasteiger partial charge in [-0.3, -0.25) is 9.59 Å². The minimum Gasteiger partial charge on any atom is -0.289 e. The largest absolute Gasteiger partial charge is 0.289 e. The van der Waals surface area contributed by atoms with Crippen LogP contribution in [0, 0.1) is 10.8 Å². The van der Waals surface area contributed by atoms with Gasteiger partial charge >= 0.3 is 0 Å². The SMILES string of the molecule is CC(C)(CCc1ccccc1)C1=CC(C2C=C(C(C)(C)CCc3ccccc3)C(=O)c3ccccc32)c2ccccc2C1=O. The molecule has 0 saturated heterocycles. The molecule has 0 aliphatic heterocycles. The van der Waals surface area contributed by atoms with E-state index in [1.54, 1.807) is 0 Å². The third-order valence-electron chi connectivity index (χ3n) is 9.92. The smallest absolute Gasteiger partial charge is 0.189 e. The van der Waals surface area contributed by atoms with Crippen LogP contribution in [-0.2, 0) is 12.8 Å². The molecule has 0 bridgehead atoms. The van der Waals surface area contributed by atoms with E-state index in [1.807, 2.05) is 48.5 Å². The monoisotopic (exact) mass is 578 g/mol. The number of Topliss-reactive ketones (excluding diaryl/α,β-unsaturated/α-hetero) is 2. The fourth-order valence-corrected chi connectivity index (χ4v) is 7.10. The lowest BCUT2D eigenvalue weighted by Gasteiger charge is -2.39.